The van der Waals surface area contributed by atoms with Crippen molar-refractivity contribution >= 4 is 34.3 Å². The first-order chi connectivity index (χ1) is 15.8. The number of benzene rings is 1. The number of rotatable bonds is 5. The molecule has 2 aromatic rings. The zero-order valence-corrected chi connectivity index (χ0v) is 21.5. The Labute approximate surface area is 209 Å². The Bertz CT molecular complexity index is 1000. The van der Waals surface area contributed by atoms with Crippen LogP contribution in [0.3, 0.4) is 0 Å². The molecule has 33 heavy (non-hydrogen) atoms. The van der Waals surface area contributed by atoms with Gasteiger partial charge in [0.25, 0.3) is 0 Å². The van der Waals surface area contributed by atoms with E-state index >= 15 is 0 Å². The van der Waals surface area contributed by atoms with E-state index in [0.29, 0.717) is 12.4 Å². The second-order valence-corrected chi connectivity index (χ2v) is 11.1. The molecule has 2 aliphatic carbocycles. The summed E-state index contributed by atoms with van der Waals surface area (Å²) in [7, 11) is 2.04. The highest BCUT2D eigenvalue weighted by molar-refractivity contribution is 14.1. The maximum Gasteiger partial charge on any atom is 0.326 e. The van der Waals surface area contributed by atoms with E-state index < -0.39 is 5.60 Å². The van der Waals surface area contributed by atoms with Crippen molar-refractivity contribution in [3.8, 4) is 0 Å². The van der Waals surface area contributed by atoms with Crippen LogP contribution in [0, 0.1) is 6.92 Å². The van der Waals surface area contributed by atoms with E-state index in [0.717, 1.165) is 50.6 Å². The van der Waals surface area contributed by atoms with Crippen molar-refractivity contribution in [2.24, 2.45) is 0 Å². The molecule has 1 aromatic heterocycles. The van der Waals surface area contributed by atoms with Gasteiger partial charge in [0.1, 0.15) is 9.87 Å². The van der Waals surface area contributed by atoms with Gasteiger partial charge in [-0.3, -0.25) is 4.90 Å². The number of hydrogen-bond donors (Lipinski definition) is 2. The molecule has 1 aliphatic heterocycles. The number of aliphatic hydroxyl groups is 1. The minimum Gasteiger partial charge on any atom is -0.388 e. The molecule has 7 nitrogen and oxygen atoms in total. The van der Waals surface area contributed by atoms with E-state index in [1.54, 1.807) is 12.4 Å². The maximum absolute atomic E-state index is 13.9. The van der Waals surface area contributed by atoms with Crippen LogP contribution in [0.4, 0.5) is 10.5 Å². The number of amides is 2. The lowest BCUT2D eigenvalue weighted by Crippen LogP contribution is -2.60. The van der Waals surface area contributed by atoms with Gasteiger partial charge in [0.15, 0.2) is 0 Å². The Morgan fingerprint density at radius 3 is 2.27 bits per heavy atom. The second kappa shape index (κ2) is 8.46. The summed E-state index contributed by atoms with van der Waals surface area (Å²) in [6.45, 7) is 2.24. The van der Waals surface area contributed by atoms with Crippen LogP contribution in [-0.2, 0) is 5.54 Å². The van der Waals surface area contributed by atoms with Gasteiger partial charge >= 0.3 is 6.03 Å². The lowest BCUT2D eigenvalue weighted by molar-refractivity contribution is -0.0695. The summed E-state index contributed by atoms with van der Waals surface area (Å²) in [5.74, 6) is 0.685. The molecule has 3 fully saturated rings. The smallest absolute Gasteiger partial charge is 0.326 e. The summed E-state index contributed by atoms with van der Waals surface area (Å²) in [4.78, 5) is 26.4. The Morgan fingerprint density at radius 2 is 1.73 bits per heavy atom. The molecule has 1 atom stereocenters. The first-order valence-corrected chi connectivity index (χ1v) is 13.1. The van der Waals surface area contributed by atoms with Crippen LogP contribution in [0.2, 0.25) is 0 Å². The van der Waals surface area contributed by atoms with Crippen molar-refractivity contribution in [1.29, 1.82) is 0 Å². The van der Waals surface area contributed by atoms with Gasteiger partial charge in [-0.15, -0.1) is 0 Å². The molecule has 1 aromatic carbocycles. The van der Waals surface area contributed by atoms with E-state index in [9.17, 15) is 9.90 Å². The minimum absolute atomic E-state index is 0.0427. The average molecular weight is 561 g/mol. The molecule has 8 heteroatoms. The SMILES string of the molecule is CNC1(c2ccccc2)CCC2(CC1)C(I)N(c1cnc(C)nc1)C(=O)N2CC1(O)CCC1. The van der Waals surface area contributed by atoms with Crippen molar-refractivity contribution < 1.29 is 9.90 Å². The molecule has 2 amide bonds. The van der Waals surface area contributed by atoms with Crippen molar-refractivity contribution in [1.82, 2.24) is 20.2 Å². The number of urea groups is 1. The Hall–Kier alpha value is -1.78. The summed E-state index contributed by atoms with van der Waals surface area (Å²) in [5.41, 5.74) is 0.801. The van der Waals surface area contributed by atoms with Gasteiger partial charge in [-0.05, 0) is 64.5 Å². The number of nitrogens with zero attached hydrogens (tertiary/aromatic N) is 4. The Kier molecular flexibility index (Phi) is 5.89. The van der Waals surface area contributed by atoms with Crippen molar-refractivity contribution in [3.05, 3.63) is 54.1 Å². The third kappa shape index (κ3) is 3.74. The maximum atomic E-state index is 13.9. The van der Waals surface area contributed by atoms with Crippen LogP contribution >= 0.6 is 22.6 Å². The van der Waals surface area contributed by atoms with Crippen LogP contribution in [0.1, 0.15) is 56.3 Å². The third-order valence-electron chi connectivity index (χ3n) is 8.20. The average Bonchev–Trinajstić information content (AvgIpc) is 3.01. The van der Waals surface area contributed by atoms with E-state index in [1.165, 1.54) is 5.56 Å². The highest BCUT2D eigenvalue weighted by Gasteiger charge is 2.61. The standard InChI is InChI=1S/C25H32IN5O2/c1-18-28-15-20(16-29-18)31-21(26)25(30(22(31)32)17-23(33)9-6-10-23)13-11-24(27-2,12-14-25)19-7-4-3-5-8-19/h3-5,7-8,15-16,21,27,33H,6,9-14,17H2,1-2H3. The number of carbonyl (C=O) groups is 1. The summed E-state index contributed by atoms with van der Waals surface area (Å²) in [6.07, 6.45) is 9.60. The number of alkyl halides is 1. The summed E-state index contributed by atoms with van der Waals surface area (Å²) in [5, 5.41) is 14.7. The predicted octanol–water partition coefficient (Wildman–Crippen LogP) is 4.13. The van der Waals surface area contributed by atoms with Gasteiger partial charge < -0.3 is 15.3 Å². The highest BCUT2D eigenvalue weighted by Crippen LogP contribution is 2.53. The van der Waals surface area contributed by atoms with Crippen molar-refractivity contribution in [3.63, 3.8) is 0 Å². The molecule has 2 saturated carbocycles. The fourth-order valence-corrected chi connectivity index (χ4v) is 7.38. The fourth-order valence-electron chi connectivity index (χ4n) is 5.86. The topological polar surface area (TPSA) is 81.6 Å². The quantitative estimate of drug-likeness (QED) is 0.326. The molecule has 2 heterocycles. The van der Waals surface area contributed by atoms with Gasteiger partial charge in [-0.25, -0.2) is 14.8 Å². The summed E-state index contributed by atoms with van der Waals surface area (Å²) >= 11 is 2.43. The lowest BCUT2D eigenvalue weighted by Gasteiger charge is -2.51. The molecule has 5 rings (SSSR count). The number of β-amino-alcohol motifs (C(OH)–C–C–N with tert-alkyl or cyclic N) is 1. The molecule has 176 valence electrons. The van der Waals surface area contributed by atoms with Crippen LogP contribution in [0.15, 0.2) is 42.7 Å². The largest absolute Gasteiger partial charge is 0.388 e. The minimum atomic E-state index is -0.768. The predicted molar refractivity (Wildman–Crippen MR) is 136 cm³/mol. The first-order valence-electron chi connectivity index (χ1n) is 11.8. The van der Waals surface area contributed by atoms with Gasteiger partial charge in [-0.1, -0.05) is 52.9 Å². The van der Waals surface area contributed by atoms with E-state index in [1.807, 2.05) is 23.8 Å². The molecule has 1 spiro atoms. The van der Waals surface area contributed by atoms with E-state index in [-0.39, 0.29) is 21.2 Å². The molecule has 3 aliphatic rings. The molecular formula is C25H32IN5O2. The lowest BCUT2D eigenvalue weighted by atomic mass is 9.68. The zero-order valence-electron chi connectivity index (χ0n) is 19.3. The number of aryl methyl sites for hydroxylation is 1. The number of hydrogen-bond acceptors (Lipinski definition) is 5. The molecule has 0 radical (unpaired) electrons. The van der Waals surface area contributed by atoms with E-state index in [2.05, 4.69) is 68.2 Å². The van der Waals surface area contributed by atoms with Gasteiger partial charge in [0, 0.05) is 5.54 Å². The number of nitrogens with one attached hydrogen (secondary N) is 1. The fraction of sp³-hybridized carbons (Fsp3) is 0.560. The molecule has 1 unspecified atom stereocenters. The van der Waals surface area contributed by atoms with Gasteiger partial charge in [0.05, 0.1) is 35.8 Å². The summed E-state index contributed by atoms with van der Waals surface area (Å²) in [6, 6.07) is 10.6. The molecular weight excluding hydrogens is 529 g/mol. The number of halogens is 1. The highest BCUT2D eigenvalue weighted by atomic mass is 127. The van der Waals surface area contributed by atoms with E-state index in [4.69, 9.17) is 0 Å². The van der Waals surface area contributed by atoms with Gasteiger partial charge in [-0.2, -0.15) is 0 Å². The number of carbonyl (C=O) groups excluding carboxylic acids is 1. The second-order valence-electron chi connectivity index (χ2n) is 9.94. The van der Waals surface area contributed by atoms with Crippen molar-refractivity contribution in [2.45, 2.75) is 72.6 Å². The summed E-state index contributed by atoms with van der Waals surface area (Å²) < 4.78 is -0.0665. The van der Waals surface area contributed by atoms with Crippen LogP contribution in [-0.4, -0.2) is 54.8 Å². The first kappa shape index (κ1) is 23.0. The number of anilines is 1. The Morgan fingerprint density at radius 1 is 1.09 bits per heavy atom. The van der Waals surface area contributed by atoms with Crippen molar-refractivity contribution in [2.75, 3.05) is 18.5 Å². The van der Waals surface area contributed by atoms with Gasteiger partial charge in [0.2, 0.25) is 0 Å². The monoisotopic (exact) mass is 561 g/mol. The van der Waals surface area contributed by atoms with Crippen LogP contribution in [0.5, 0.6) is 0 Å². The third-order valence-corrected chi connectivity index (χ3v) is 9.92. The van der Waals surface area contributed by atoms with Crippen LogP contribution < -0.4 is 10.2 Å². The number of aromatic nitrogens is 2. The molecule has 2 N–H and O–H groups in total. The zero-order chi connectivity index (χ0) is 23.3. The normalized spacial score (nSPS) is 31.2. The Balaban J connectivity index is 1.49. The molecule has 1 saturated heterocycles. The molecule has 0 bridgehead atoms. The van der Waals surface area contributed by atoms with Crippen LogP contribution in [0.25, 0.3) is 0 Å².